The van der Waals surface area contributed by atoms with Crippen LogP contribution >= 0.6 is 0 Å². The van der Waals surface area contributed by atoms with E-state index in [1.807, 2.05) is 0 Å². The molecule has 0 atom stereocenters. The Hall–Kier alpha value is -1.84. The van der Waals surface area contributed by atoms with Crippen LogP contribution in [0.3, 0.4) is 0 Å². The zero-order valence-electron chi connectivity index (χ0n) is 14.8. The summed E-state index contributed by atoms with van der Waals surface area (Å²) in [7, 11) is -0.905. The molecule has 1 fully saturated rings. The van der Waals surface area contributed by atoms with Gasteiger partial charge in [-0.25, -0.2) is 13.1 Å². The van der Waals surface area contributed by atoms with Gasteiger partial charge in [-0.15, -0.1) is 0 Å². The van der Waals surface area contributed by atoms with E-state index in [0.717, 1.165) is 19.6 Å². The summed E-state index contributed by atoms with van der Waals surface area (Å²) < 4.78 is 37.4. The lowest BCUT2D eigenvalue weighted by Crippen LogP contribution is -2.51. The van der Waals surface area contributed by atoms with Crippen molar-refractivity contribution in [2.75, 3.05) is 53.5 Å². The lowest BCUT2D eigenvalue weighted by molar-refractivity contribution is -0.131. The highest BCUT2D eigenvalue weighted by molar-refractivity contribution is 7.89. The molecule has 1 N–H and O–H groups in total. The molecule has 1 aromatic rings. The SMILES string of the molecule is CCN1CCN(C(=O)CNS(=O)(=O)c2ccc(OC)c(OC)c2)CC1. The van der Waals surface area contributed by atoms with Crippen LogP contribution in [-0.2, 0) is 14.8 Å². The Morgan fingerprint density at radius 2 is 1.76 bits per heavy atom. The largest absolute Gasteiger partial charge is 0.493 e. The molecule has 0 bridgehead atoms. The molecule has 8 nitrogen and oxygen atoms in total. The molecule has 1 aliphatic heterocycles. The fourth-order valence-corrected chi connectivity index (χ4v) is 3.64. The quantitative estimate of drug-likeness (QED) is 0.734. The summed E-state index contributed by atoms with van der Waals surface area (Å²) >= 11 is 0. The molecule has 0 aliphatic carbocycles. The number of sulfonamides is 1. The summed E-state index contributed by atoms with van der Waals surface area (Å²) in [5.41, 5.74) is 0. The van der Waals surface area contributed by atoms with Gasteiger partial charge in [-0.2, -0.15) is 0 Å². The van der Waals surface area contributed by atoms with Gasteiger partial charge in [-0.05, 0) is 18.7 Å². The van der Waals surface area contributed by atoms with Crippen molar-refractivity contribution in [1.29, 1.82) is 0 Å². The Morgan fingerprint density at radius 1 is 1.12 bits per heavy atom. The van der Waals surface area contributed by atoms with Crippen LogP contribution in [0, 0.1) is 0 Å². The van der Waals surface area contributed by atoms with E-state index in [9.17, 15) is 13.2 Å². The van der Waals surface area contributed by atoms with Gasteiger partial charge in [0.15, 0.2) is 11.5 Å². The van der Waals surface area contributed by atoms with E-state index in [1.165, 1.54) is 32.4 Å². The highest BCUT2D eigenvalue weighted by Crippen LogP contribution is 2.29. The van der Waals surface area contributed by atoms with E-state index in [4.69, 9.17) is 9.47 Å². The lowest BCUT2D eigenvalue weighted by atomic mass is 10.3. The van der Waals surface area contributed by atoms with E-state index >= 15 is 0 Å². The molecule has 1 heterocycles. The maximum atomic E-state index is 12.4. The van der Waals surface area contributed by atoms with Gasteiger partial charge >= 0.3 is 0 Å². The molecule has 1 aromatic carbocycles. The standard InChI is InChI=1S/C16H25N3O5S/c1-4-18-7-9-19(10-8-18)16(20)12-17-25(21,22)13-5-6-14(23-2)15(11-13)24-3/h5-6,11,17H,4,7-10,12H2,1-3H3. The number of nitrogens with zero attached hydrogens (tertiary/aromatic N) is 2. The van der Waals surface area contributed by atoms with E-state index in [2.05, 4.69) is 16.5 Å². The Bertz CT molecular complexity index is 700. The molecule has 1 amide bonds. The van der Waals surface area contributed by atoms with Crippen molar-refractivity contribution in [2.45, 2.75) is 11.8 Å². The van der Waals surface area contributed by atoms with Crippen LogP contribution in [0.5, 0.6) is 11.5 Å². The minimum atomic E-state index is -3.81. The topological polar surface area (TPSA) is 88.2 Å². The summed E-state index contributed by atoms with van der Waals surface area (Å²) in [5.74, 6) is 0.526. The zero-order chi connectivity index (χ0) is 18.4. The summed E-state index contributed by atoms with van der Waals surface area (Å²) in [6.07, 6.45) is 0. The van der Waals surface area contributed by atoms with Gasteiger partial charge in [0.05, 0.1) is 25.7 Å². The van der Waals surface area contributed by atoms with Crippen molar-refractivity contribution in [3.05, 3.63) is 18.2 Å². The second-order valence-corrected chi connectivity index (χ2v) is 7.42. The molecule has 0 radical (unpaired) electrons. The van der Waals surface area contributed by atoms with Gasteiger partial charge in [0, 0.05) is 32.2 Å². The first-order valence-electron chi connectivity index (χ1n) is 8.13. The predicted octanol–water partition coefficient (Wildman–Crippen LogP) is 0.146. The molecule has 0 unspecified atom stereocenters. The number of nitrogens with one attached hydrogen (secondary N) is 1. The van der Waals surface area contributed by atoms with Crippen molar-refractivity contribution in [3.63, 3.8) is 0 Å². The molecule has 1 aliphatic rings. The van der Waals surface area contributed by atoms with Gasteiger partial charge in [0.1, 0.15) is 0 Å². The number of hydrogen-bond acceptors (Lipinski definition) is 6. The van der Waals surface area contributed by atoms with Crippen LogP contribution < -0.4 is 14.2 Å². The average molecular weight is 371 g/mol. The number of likely N-dealkylation sites (N-methyl/N-ethyl adjacent to an activating group) is 1. The first-order chi connectivity index (χ1) is 11.9. The summed E-state index contributed by atoms with van der Waals surface area (Å²) in [6.45, 7) is 5.62. The zero-order valence-corrected chi connectivity index (χ0v) is 15.6. The minimum Gasteiger partial charge on any atom is -0.493 e. The third-order valence-electron chi connectivity index (χ3n) is 4.25. The molecule has 25 heavy (non-hydrogen) atoms. The van der Waals surface area contributed by atoms with Crippen molar-refractivity contribution in [3.8, 4) is 11.5 Å². The van der Waals surface area contributed by atoms with Crippen molar-refractivity contribution in [1.82, 2.24) is 14.5 Å². The maximum Gasteiger partial charge on any atom is 0.241 e. The van der Waals surface area contributed by atoms with Crippen molar-refractivity contribution in [2.24, 2.45) is 0 Å². The Morgan fingerprint density at radius 3 is 2.32 bits per heavy atom. The second kappa shape index (κ2) is 8.50. The highest BCUT2D eigenvalue weighted by Gasteiger charge is 2.23. The number of carbonyl (C=O) groups excluding carboxylic acids is 1. The smallest absolute Gasteiger partial charge is 0.241 e. The number of amides is 1. The fraction of sp³-hybridized carbons (Fsp3) is 0.562. The summed E-state index contributed by atoms with van der Waals surface area (Å²) in [6, 6.07) is 4.29. The average Bonchev–Trinajstić information content (AvgIpc) is 2.65. The minimum absolute atomic E-state index is 0.0220. The second-order valence-electron chi connectivity index (χ2n) is 5.66. The molecule has 0 saturated carbocycles. The van der Waals surface area contributed by atoms with E-state index in [-0.39, 0.29) is 17.3 Å². The first-order valence-corrected chi connectivity index (χ1v) is 9.61. The Labute approximate surface area is 148 Å². The number of carbonyl (C=O) groups is 1. The fourth-order valence-electron chi connectivity index (χ4n) is 2.65. The molecule has 1 saturated heterocycles. The van der Waals surface area contributed by atoms with Crippen LogP contribution in [0.4, 0.5) is 0 Å². The lowest BCUT2D eigenvalue weighted by Gasteiger charge is -2.34. The van der Waals surface area contributed by atoms with Gasteiger partial charge in [0.25, 0.3) is 0 Å². The number of rotatable bonds is 7. The molecular formula is C16H25N3O5S. The Kier molecular flexibility index (Phi) is 6.63. The Balaban J connectivity index is 1.98. The van der Waals surface area contributed by atoms with Crippen molar-refractivity contribution >= 4 is 15.9 Å². The summed E-state index contributed by atoms with van der Waals surface area (Å²) in [4.78, 5) is 16.2. The van der Waals surface area contributed by atoms with E-state index in [1.54, 1.807) is 4.90 Å². The molecule has 140 valence electrons. The predicted molar refractivity (Wildman–Crippen MR) is 93.4 cm³/mol. The van der Waals surface area contributed by atoms with Gasteiger partial charge in [-0.1, -0.05) is 6.92 Å². The first kappa shape index (κ1) is 19.5. The van der Waals surface area contributed by atoms with Crippen molar-refractivity contribution < 1.29 is 22.7 Å². The molecular weight excluding hydrogens is 346 g/mol. The van der Waals surface area contributed by atoms with Crippen LogP contribution in [0.2, 0.25) is 0 Å². The monoisotopic (exact) mass is 371 g/mol. The number of ether oxygens (including phenoxy) is 2. The number of hydrogen-bond donors (Lipinski definition) is 1. The molecule has 2 rings (SSSR count). The third-order valence-corrected chi connectivity index (χ3v) is 5.65. The molecule has 0 spiro atoms. The molecule has 9 heteroatoms. The van der Waals surface area contributed by atoms with Crippen LogP contribution in [0.25, 0.3) is 0 Å². The van der Waals surface area contributed by atoms with Gasteiger partial charge in [0.2, 0.25) is 15.9 Å². The molecule has 0 aromatic heterocycles. The normalized spacial score (nSPS) is 15.9. The highest BCUT2D eigenvalue weighted by atomic mass is 32.2. The van der Waals surface area contributed by atoms with Gasteiger partial charge < -0.3 is 19.3 Å². The maximum absolute atomic E-state index is 12.4. The number of methoxy groups -OCH3 is 2. The van der Waals surface area contributed by atoms with E-state index in [0.29, 0.717) is 24.6 Å². The van der Waals surface area contributed by atoms with E-state index < -0.39 is 10.0 Å². The third kappa shape index (κ3) is 4.83. The van der Waals surface area contributed by atoms with Crippen LogP contribution in [0.1, 0.15) is 6.92 Å². The number of piperazine rings is 1. The van der Waals surface area contributed by atoms with Gasteiger partial charge in [-0.3, -0.25) is 4.79 Å². The van der Waals surface area contributed by atoms with Crippen LogP contribution in [0.15, 0.2) is 23.1 Å². The summed E-state index contributed by atoms with van der Waals surface area (Å²) in [5, 5.41) is 0. The number of benzene rings is 1. The van der Waals surface area contributed by atoms with Crippen LogP contribution in [-0.4, -0.2) is 77.6 Å².